The van der Waals surface area contributed by atoms with Crippen molar-refractivity contribution in [3.05, 3.63) is 35.9 Å². The topological polar surface area (TPSA) is 32.3 Å². The van der Waals surface area contributed by atoms with Crippen LogP contribution in [-0.4, -0.2) is 23.8 Å². The van der Waals surface area contributed by atoms with E-state index < -0.39 is 0 Å². The highest BCUT2D eigenvalue weighted by Gasteiger charge is 2.27. The van der Waals surface area contributed by atoms with Gasteiger partial charge < -0.3 is 10.4 Å². The second-order valence-corrected chi connectivity index (χ2v) is 3.27. The van der Waals surface area contributed by atoms with E-state index in [1.165, 1.54) is 5.56 Å². The average Bonchev–Trinajstić information content (AvgIpc) is 2.14. The molecule has 1 aromatic carbocycles. The van der Waals surface area contributed by atoms with Crippen LogP contribution in [0.4, 0.5) is 0 Å². The Hall–Kier alpha value is -0.860. The molecule has 0 radical (unpaired) electrons. The Kier molecular flexibility index (Phi) is 2.11. The van der Waals surface area contributed by atoms with Crippen LogP contribution in [0.15, 0.2) is 30.3 Å². The van der Waals surface area contributed by atoms with Gasteiger partial charge in [-0.15, -0.1) is 0 Å². The number of nitrogens with one attached hydrogen (secondary N) is 1. The molecular weight excluding hydrogens is 150 g/mol. The van der Waals surface area contributed by atoms with E-state index >= 15 is 0 Å². The van der Waals surface area contributed by atoms with Crippen molar-refractivity contribution in [1.29, 1.82) is 0 Å². The van der Waals surface area contributed by atoms with Crippen LogP contribution in [0.25, 0.3) is 0 Å². The number of β-amino-alcohol motifs (C(OH)–C–C–N with tert-alkyl or cyclic N) is 1. The zero-order valence-electron chi connectivity index (χ0n) is 6.90. The quantitative estimate of drug-likeness (QED) is 0.667. The first-order valence-corrected chi connectivity index (χ1v) is 4.31. The molecule has 0 saturated carbocycles. The maximum absolute atomic E-state index is 9.31. The van der Waals surface area contributed by atoms with Crippen LogP contribution in [0, 0.1) is 0 Å². The third-order valence-electron chi connectivity index (χ3n) is 2.35. The van der Waals surface area contributed by atoms with Gasteiger partial charge in [0.25, 0.3) is 0 Å². The first-order valence-electron chi connectivity index (χ1n) is 4.31. The summed E-state index contributed by atoms with van der Waals surface area (Å²) >= 11 is 0. The van der Waals surface area contributed by atoms with Crippen LogP contribution in [0.2, 0.25) is 0 Å². The highest BCUT2D eigenvalue weighted by atomic mass is 16.3. The van der Waals surface area contributed by atoms with E-state index in [0.29, 0.717) is 0 Å². The van der Waals surface area contributed by atoms with Crippen LogP contribution in [0.3, 0.4) is 0 Å². The molecule has 0 spiro atoms. The highest BCUT2D eigenvalue weighted by Crippen LogP contribution is 2.10. The maximum Gasteiger partial charge on any atom is 0.0820 e. The van der Waals surface area contributed by atoms with E-state index in [-0.39, 0.29) is 12.1 Å². The molecule has 2 atom stereocenters. The van der Waals surface area contributed by atoms with Gasteiger partial charge >= 0.3 is 0 Å². The molecule has 1 fully saturated rings. The third kappa shape index (κ3) is 1.49. The van der Waals surface area contributed by atoms with Crippen molar-refractivity contribution in [3.8, 4) is 0 Å². The van der Waals surface area contributed by atoms with Crippen LogP contribution in [0.5, 0.6) is 0 Å². The van der Waals surface area contributed by atoms with Gasteiger partial charge in [-0.1, -0.05) is 30.3 Å². The first-order chi connectivity index (χ1) is 5.86. The normalized spacial score (nSPS) is 28.1. The standard InChI is InChI=1S/C10H13NO/c12-10-7-11-9(10)6-8-4-2-1-3-5-8/h1-5,9-12H,6-7H2/t9-,10-/m1/s1. The van der Waals surface area contributed by atoms with Crippen molar-refractivity contribution in [2.24, 2.45) is 0 Å². The number of hydrogen-bond donors (Lipinski definition) is 2. The van der Waals surface area contributed by atoms with Gasteiger partial charge in [-0.2, -0.15) is 0 Å². The Bertz CT molecular complexity index is 247. The van der Waals surface area contributed by atoms with Crippen molar-refractivity contribution >= 4 is 0 Å². The summed E-state index contributed by atoms with van der Waals surface area (Å²) in [7, 11) is 0. The second kappa shape index (κ2) is 3.25. The fourth-order valence-electron chi connectivity index (χ4n) is 1.47. The van der Waals surface area contributed by atoms with E-state index in [1.54, 1.807) is 0 Å². The predicted molar refractivity (Wildman–Crippen MR) is 47.9 cm³/mol. The molecule has 0 aliphatic carbocycles. The lowest BCUT2D eigenvalue weighted by Crippen LogP contribution is -2.58. The molecule has 1 aliphatic rings. The largest absolute Gasteiger partial charge is 0.390 e. The van der Waals surface area contributed by atoms with E-state index in [9.17, 15) is 5.11 Å². The smallest absolute Gasteiger partial charge is 0.0820 e. The number of benzene rings is 1. The summed E-state index contributed by atoms with van der Waals surface area (Å²) in [6, 6.07) is 10.5. The number of aliphatic hydroxyl groups is 1. The Morgan fingerprint density at radius 1 is 1.33 bits per heavy atom. The lowest BCUT2D eigenvalue weighted by molar-refractivity contribution is 0.0616. The van der Waals surface area contributed by atoms with Crippen molar-refractivity contribution in [3.63, 3.8) is 0 Å². The van der Waals surface area contributed by atoms with E-state index in [0.717, 1.165) is 13.0 Å². The summed E-state index contributed by atoms with van der Waals surface area (Å²) in [6.45, 7) is 0.748. The minimum absolute atomic E-state index is 0.148. The van der Waals surface area contributed by atoms with Crippen molar-refractivity contribution in [2.75, 3.05) is 6.54 Å². The van der Waals surface area contributed by atoms with Gasteiger partial charge in [-0.05, 0) is 12.0 Å². The molecule has 0 aromatic heterocycles. The molecule has 2 rings (SSSR count). The molecule has 1 aliphatic heterocycles. The summed E-state index contributed by atoms with van der Waals surface area (Å²) in [5.74, 6) is 0. The number of hydrogen-bond acceptors (Lipinski definition) is 2. The van der Waals surface area contributed by atoms with Gasteiger partial charge in [-0.3, -0.25) is 0 Å². The fourth-order valence-corrected chi connectivity index (χ4v) is 1.47. The molecule has 1 aromatic rings. The van der Waals surface area contributed by atoms with Crippen molar-refractivity contribution in [1.82, 2.24) is 5.32 Å². The van der Waals surface area contributed by atoms with Gasteiger partial charge in [0.1, 0.15) is 0 Å². The predicted octanol–water partition coefficient (Wildman–Crippen LogP) is 0.562. The second-order valence-electron chi connectivity index (χ2n) is 3.27. The summed E-state index contributed by atoms with van der Waals surface area (Å²) in [6.07, 6.45) is 0.785. The molecule has 0 bridgehead atoms. The average molecular weight is 163 g/mol. The molecular formula is C10H13NO. The van der Waals surface area contributed by atoms with Crippen LogP contribution in [-0.2, 0) is 6.42 Å². The minimum Gasteiger partial charge on any atom is -0.390 e. The zero-order chi connectivity index (χ0) is 8.39. The van der Waals surface area contributed by atoms with E-state index in [2.05, 4.69) is 17.4 Å². The lowest BCUT2D eigenvalue weighted by Gasteiger charge is -2.34. The van der Waals surface area contributed by atoms with Gasteiger partial charge in [0, 0.05) is 12.6 Å². The van der Waals surface area contributed by atoms with Gasteiger partial charge in [0.05, 0.1) is 6.10 Å². The molecule has 2 N–H and O–H groups in total. The highest BCUT2D eigenvalue weighted by molar-refractivity contribution is 5.17. The van der Waals surface area contributed by atoms with Gasteiger partial charge in [0.2, 0.25) is 0 Å². The third-order valence-corrected chi connectivity index (χ3v) is 2.35. The molecule has 0 unspecified atom stereocenters. The van der Waals surface area contributed by atoms with Crippen LogP contribution >= 0.6 is 0 Å². The summed E-state index contributed by atoms with van der Waals surface area (Å²) < 4.78 is 0. The Morgan fingerprint density at radius 2 is 2.08 bits per heavy atom. The lowest BCUT2D eigenvalue weighted by atomic mass is 9.96. The Morgan fingerprint density at radius 3 is 2.58 bits per heavy atom. The monoisotopic (exact) mass is 163 g/mol. The molecule has 12 heavy (non-hydrogen) atoms. The zero-order valence-corrected chi connectivity index (χ0v) is 6.90. The molecule has 1 saturated heterocycles. The molecule has 0 amide bonds. The summed E-state index contributed by atoms with van der Waals surface area (Å²) in [4.78, 5) is 0. The van der Waals surface area contributed by atoms with Gasteiger partial charge in [-0.25, -0.2) is 0 Å². The van der Waals surface area contributed by atoms with E-state index in [4.69, 9.17) is 0 Å². The molecule has 2 nitrogen and oxygen atoms in total. The molecule has 2 heteroatoms. The number of rotatable bonds is 2. The van der Waals surface area contributed by atoms with E-state index in [1.807, 2.05) is 18.2 Å². The number of aliphatic hydroxyl groups excluding tert-OH is 1. The Balaban J connectivity index is 1.95. The summed E-state index contributed by atoms with van der Waals surface area (Å²) in [5.41, 5.74) is 1.29. The maximum atomic E-state index is 9.31. The van der Waals surface area contributed by atoms with Crippen molar-refractivity contribution in [2.45, 2.75) is 18.6 Å². The summed E-state index contributed by atoms with van der Waals surface area (Å²) in [5, 5.41) is 12.5. The minimum atomic E-state index is -0.148. The van der Waals surface area contributed by atoms with Crippen molar-refractivity contribution < 1.29 is 5.11 Å². The fraction of sp³-hybridized carbons (Fsp3) is 0.400. The Labute approximate surface area is 72.2 Å². The first kappa shape index (κ1) is 7.77. The van der Waals surface area contributed by atoms with Crippen LogP contribution < -0.4 is 5.32 Å². The van der Waals surface area contributed by atoms with Gasteiger partial charge in [0.15, 0.2) is 0 Å². The SMILES string of the molecule is O[C@@H]1CN[C@@H]1Cc1ccccc1. The molecule has 64 valence electrons. The molecule has 1 heterocycles. The van der Waals surface area contributed by atoms with Crippen LogP contribution in [0.1, 0.15) is 5.56 Å².